The molecule has 0 unspecified atom stereocenters. The van der Waals surface area contributed by atoms with Gasteiger partial charge in [0.25, 0.3) is 0 Å². The molecule has 1 saturated carbocycles. The van der Waals surface area contributed by atoms with Crippen molar-refractivity contribution in [1.82, 2.24) is 14.8 Å². The van der Waals surface area contributed by atoms with Gasteiger partial charge in [0.2, 0.25) is 5.28 Å². The zero-order chi connectivity index (χ0) is 14.3. The zero-order valence-electron chi connectivity index (χ0n) is 10.4. The van der Waals surface area contributed by atoms with E-state index in [1.807, 2.05) is 0 Å². The van der Waals surface area contributed by atoms with Crippen LogP contribution in [0.4, 0.5) is 13.2 Å². The molecule has 0 amide bonds. The van der Waals surface area contributed by atoms with E-state index in [2.05, 4.69) is 10.2 Å². The first-order valence-electron chi connectivity index (χ1n) is 6.20. The molecule has 1 heterocycles. The molecule has 0 N–H and O–H groups in total. The Morgan fingerprint density at radius 1 is 1.15 bits per heavy atom. The van der Waals surface area contributed by atoms with E-state index in [4.69, 9.17) is 11.6 Å². The standard InChI is InChI=1S/C13H11ClF3N3/c14-12-19-18-11(9-3-4-9)20(12)7-8-1-5-10(6-2-8)13(15,16)17/h1-2,5-6,9H,3-4,7H2. The molecule has 3 nitrogen and oxygen atoms in total. The molecule has 2 aromatic rings. The van der Waals surface area contributed by atoms with Gasteiger partial charge < -0.3 is 0 Å². The molecule has 106 valence electrons. The van der Waals surface area contributed by atoms with Crippen LogP contribution in [-0.4, -0.2) is 14.8 Å². The lowest BCUT2D eigenvalue weighted by Crippen LogP contribution is -2.07. The number of aromatic nitrogens is 3. The largest absolute Gasteiger partial charge is 0.416 e. The maximum Gasteiger partial charge on any atom is 0.416 e. The molecule has 7 heteroatoms. The van der Waals surface area contributed by atoms with Crippen molar-refractivity contribution in [2.24, 2.45) is 0 Å². The third-order valence-corrected chi connectivity index (χ3v) is 3.58. The van der Waals surface area contributed by atoms with Crippen LogP contribution < -0.4 is 0 Å². The van der Waals surface area contributed by atoms with Crippen molar-refractivity contribution in [3.8, 4) is 0 Å². The predicted molar refractivity (Wildman–Crippen MR) is 67.6 cm³/mol. The summed E-state index contributed by atoms with van der Waals surface area (Å²) in [5, 5.41) is 8.13. The first kappa shape index (κ1) is 13.4. The van der Waals surface area contributed by atoms with Crippen LogP contribution in [0.15, 0.2) is 24.3 Å². The maximum atomic E-state index is 12.5. The number of halogens is 4. The second-order valence-corrected chi connectivity index (χ2v) is 5.22. The SMILES string of the molecule is FC(F)(F)c1ccc(Cn2c(Cl)nnc2C2CC2)cc1. The summed E-state index contributed by atoms with van der Waals surface area (Å²) in [7, 11) is 0. The smallest absolute Gasteiger partial charge is 0.297 e. The fourth-order valence-electron chi connectivity index (χ4n) is 2.07. The van der Waals surface area contributed by atoms with Gasteiger partial charge in [-0.3, -0.25) is 4.57 Å². The summed E-state index contributed by atoms with van der Waals surface area (Å²) < 4.78 is 39.2. The van der Waals surface area contributed by atoms with E-state index in [1.54, 1.807) is 4.57 Å². The van der Waals surface area contributed by atoms with Gasteiger partial charge in [0.15, 0.2) is 0 Å². The second-order valence-electron chi connectivity index (χ2n) is 4.88. The fraction of sp³-hybridized carbons (Fsp3) is 0.385. The number of hydrogen-bond donors (Lipinski definition) is 0. The number of rotatable bonds is 3. The zero-order valence-corrected chi connectivity index (χ0v) is 11.1. The van der Waals surface area contributed by atoms with E-state index in [0.29, 0.717) is 12.5 Å². The number of benzene rings is 1. The summed E-state index contributed by atoms with van der Waals surface area (Å²) in [6.45, 7) is 0.385. The van der Waals surface area contributed by atoms with Gasteiger partial charge >= 0.3 is 6.18 Å². The molecule has 0 saturated heterocycles. The van der Waals surface area contributed by atoms with Crippen molar-refractivity contribution in [1.29, 1.82) is 0 Å². The van der Waals surface area contributed by atoms with E-state index in [0.717, 1.165) is 36.4 Å². The van der Waals surface area contributed by atoms with E-state index in [9.17, 15) is 13.2 Å². The highest BCUT2D eigenvalue weighted by Crippen LogP contribution is 2.39. The number of nitrogens with zero attached hydrogens (tertiary/aromatic N) is 3. The van der Waals surface area contributed by atoms with Crippen molar-refractivity contribution in [3.63, 3.8) is 0 Å². The first-order chi connectivity index (χ1) is 9.45. The van der Waals surface area contributed by atoms with E-state index >= 15 is 0 Å². The Balaban J connectivity index is 1.83. The fourth-order valence-corrected chi connectivity index (χ4v) is 2.25. The summed E-state index contributed by atoms with van der Waals surface area (Å²) in [5.74, 6) is 1.19. The third-order valence-electron chi connectivity index (χ3n) is 3.30. The Kier molecular flexibility index (Phi) is 3.20. The highest BCUT2D eigenvalue weighted by atomic mass is 35.5. The molecule has 0 aliphatic heterocycles. The van der Waals surface area contributed by atoms with E-state index in [-0.39, 0.29) is 5.28 Å². The van der Waals surface area contributed by atoms with Crippen LogP contribution in [0, 0.1) is 0 Å². The minimum atomic E-state index is -4.31. The predicted octanol–water partition coefficient (Wildman–Crippen LogP) is 3.88. The molecule has 1 aliphatic carbocycles. The molecule has 1 aromatic heterocycles. The average molecular weight is 302 g/mol. The summed E-state index contributed by atoms with van der Waals surface area (Å²) in [5.41, 5.74) is 0.0834. The second kappa shape index (κ2) is 4.77. The van der Waals surface area contributed by atoms with Crippen LogP contribution in [0.5, 0.6) is 0 Å². The lowest BCUT2D eigenvalue weighted by molar-refractivity contribution is -0.137. The molecule has 1 aliphatic rings. The third kappa shape index (κ3) is 2.65. The van der Waals surface area contributed by atoms with Crippen molar-refractivity contribution in [3.05, 3.63) is 46.5 Å². The minimum Gasteiger partial charge on any atom is -0.297 e. The lowest BCUT2D eigenvalue weighted by Gasteiger charge is -2.10. The van der Waals surface area contributed by atoms with Crippen LogP contribution >= 0.6 is 11.6 Å². The van der Waals surface area contributed by atoms with E-state index < -0.39 is 11.7 Å². The summed E-state index contributed by atoms with van der Waals surface area (Å²) in [6, 6.07) is 5.06. The lowest BCUT2D eigenvalue weighted by atomic mass is 10.1. The number of hydrogen-bond acceptors (Lipinski definition) is 2. The molecular formula is C13H11ClF3N3. The Morgan fingerprint density at radius 3 is 2.35 bits per heavy atom. The first-order valence-corrected chi connectivity index (χ1v) is 6.57. The van der Waals surface area contributed by atoms with Crippen LogP contribution in [-0.2, 0) is 12.7 Å². The summed E-state index contributed by atoms with van der Waals surface area (Å²) in [6.07, 6.45) is -2.20. The van der Waals surface area contributed by atoms with Gasteiger partial charge in [-0.1, -0.05) is 12.1 Å². The van der Waals surface area contributed by atoms with Gasteiger partial charge in [0, 0.05) is 5.92 Å². The summed E-state index contributed by atoms with van der Waals surface area (Å²) in [4.78, 5) is 0. The van der Waals surface area contributed by atoms with Gasteiger partial charge in [0.1, 0.15) is 5.82 Å². The summed E-state index contributed by atoms with van der Waals surface area (Å²) >= 11 is 5.98. The maximum absolute atomic E-state index is 12.5. The molecule has 0 radical (unpaired) electrons. The average Bonchev–Trinajstić information content (AvgIpc) is 3.16. The monoisotopic (exact) mass is 301 g/mol. The Bertz CT molecular complexity index is 615. The van der Waals surface area contributed by atoms with Crippen LogP contribution in [0.1, 0.15) is 35.7 Å². The van der Waals surface area contributed by atoms with Gasteiger partial charge in [-0.05, 0) is 42.1 Å². The minimum absolute atomic E-state index is 0.270. The molecule has 3 rings (SSSR count). The van der Waals surface area contributed by atoms with Gasteiger partial charge in [0.05, 0.1) is 12.1 Å². The molecule has 0 atom stereocenters. The Morgan fingerprint density at radius 2 is 1.80 bits per heavy atom. The normalized spacial score (nSPS) is 15.6. The van der Waals surface area contributed by atoms with Crippen molar-refractivity contribution in [2.75, 3.05) is 0 Å². The highest BCUT2D eigenvalue weighted by Gasteiger charge is 2.31. The van der Waals surface area contributed by atoms with Crippen LogP contribution in [0.3, 0.4) is 0 Å². The molecule has 0 spiro atoms. The molecule has 20 heavy (non-hydrogen) atoms. The van der Waals surface area contributed by atoms with Gasteiger partial charge in [-0.25, -0.2) is 0 Å². The molecule has 1 aromatic carbocycles. The quantitative estimate of drug-likeness (QED) is 0.861. The molecule has 1 fully saturated rings. The van der Waals surface area contributed by atoms with Crippen molar-refractivity contribution < 1.29 is 13.2 Å². The Labute approximate surface area is 118 Å². The van der Waals surface area contributed by atoms with Crippen molar-refractivity contribution >= 4 is 11.6 Å². The van der Waals surface area contributed by atoms with E-state index in [1.165, 1.54) is 12.1 Å². The molecule has 0 bridgehead atoms. The highest BCUT2D eigenvalue weighted by molar-refractivity contribution is 6.28. The Hall–Kier alpha value is -1.56. The van der Waals surface area contributed by atoms with Crippen LogP contribution in [0.25, 0.3) is 0 Å². The van der Waals surface area contributed by atoms with Gasteiger partial charge in [-0.2, -0.15) is 13.2 Å². The number of alkyl halides is 3. The van der Waals surface area contributed by atoms with Crippen molar-refractivity contribution in [2.45, 2.75) is 31.5 Å². The topological polar surface area (TPSA) is 30.7 Å². The molecular weight excluding hydrogens is 291 g/mol. The van der Waals surface area contributed by atoms with Gasteiger partial charge in [-0.15, -0.1) is 10.2 Å². The van der Waals surface area contributed by atoms with Crippen LogP contribution in [0.2, 0.25) is 5.28 Å².